The van der Waals surface area contributed by atoms with E-state index in [1.807, 2.05) is 36.4 Å². The Bertz CT molecular complexity index is 1760. The Kier molecular flexibility index (Phi) is 8.96. The van der Waals surface area contributed by atoms with Gasteiger partial charge in [-0.25, -0.2) is 4.79 Å². The van der Waals surface area contributed by atoms with E-state index in [-0.39, 0.29) is 37.3 Å². The third-order valence-corrected chi connectivity index (χ3v) is 8.99. The topological polar surface area (TPSA) is 115 Å². The number of piperazine rings is 1. The fourth-order valence-electron chi connectivity index (χ4n) is 5.64. The van der Waals surface area contributed by atoms with Gasteiger partial charge in [-0.3, -0.25) is 23.5 Å². The van der Waals surface area contributed by atoms with Crippen LogP contribution in [0.4, 0.5) is 5.69 Å². The molecular formula is C32H35N5O6S. The number of nitrogens with one attached hydrogen (secondary N) is 1. The Morgan fingerprint density at radius 2 is 1.66 bits per heavy atom. The van der Waals surface area contributed by atoms with Gasteiger partial charge in [0.05, 0.1) is 5.52 Å². The van der Waals surface area contributed by atoms with Crippen molar-refractivity contribution >= 4 is 39.1 Å². The third kappa shape index (κ3) is 6.49. The Labute approximate surface area is 258 Å². The molecule has 0 atom stereocenters. The average molecular weight is 618 g/mol. The molecule has 0 unspecified atom stereocenters. The van der Waals surface area contributed by atoms with Crippen LogP contribution in [0.5, 0.6) is 11.5 Å². The number of ether oxygens (including phenoxy) is 2. The van der Waals surface area contributed by atoms with E-state index in [1.165, 1.54) is 20.5 Å². The Hall–Kier alpha value is -4.58. The van der Waals surface area contributed by atoms with Crippen molar-refractivity contribution in [2.45, 2.75) is 45.3 Å². The van der Waals surface area contributed by atoms with E-state index in [9.17, 15) is 19.2 Å². The lowest BCUT2D eigenvalue weighted by molar-refractivity contribution is -0.132. The summed E-state index contributed by atoms with van der Waals surface area (Å²) in [5.41, 5.74) is 1.75. The number of carbonyl (C=O) groups excluding carboxylic acids is 2. The van der Waals surface area contributed by atoms with Gasteiger partial charge in [-0.1, -0.05) is 30.7 Å². The van der Waals surface area contributed by atoms with Gasteiger partial charge in [-0.15, -0.1) is 11.3 Å². The van der Waals surface area contributed by atoms with Crippen molar-refractivity contribution in [2.75, 3.05) is 37.9 Å². The van der Waals surface area contributed by atoms with Crippen molar-refractivity contribution in [1.29, 1.82) is 0 Å². The Morgan fingerprint density at radius 1 is 0.864 bits per heavy atom. The predicted molar refractivity (Wildman–Crippen MR) is 168 cm³/mol. The van der Waals surface area contributed by atoms with Crippen LogP contribution in [0.1, 0.15) is 31.2 Å². The van der Waals surface area contributed by atoms with Crippen molar-refractivity contribution in [1.82, 2.24) is 19.4 Å². The second-order valence-electron chi connectivity index (χ2n) is 10.9. The SMILES string of the molecule is O=C(CCCCCn1c(=O)c2sccc2n(CC(=O)N2CCN(c3ccccc3)CC2)c1=O)NCc1ccc2c(c1)OCO2. The molecule has 2 aliphatic heterocycles. The molecule has 44 heavy (non-hydrogen) atoms. The first-order valence-corrected chi connectivity index (χ1v) is 15.8. The fourth-order valence-corrected chi connectivity index (χ4v) is 6.49. The van der Waals surface area contributed by atoms with Gasteiger partial charge in [-0.05, 0) is 54.1 Å². The molecule has 0 saturated carbocycles. The number of anilines is 1. The van der Waals surface area contributed by atoms with E-state index in [1.54, 1.807) is 16.3 Å². The van der Waals surface area contributed by atoms with Gasteiger partial charge >= 0.3 is 5.69 Å². The fraction of sp³-hybridized carbons (Fsp3) is 0.375. The Morgan fingerprint density at radius 3 is 2.48 bits per heavy atom. The van der Waals surface area contributed by atoms with E-state index >= 15 is 0 Å². The highest BCUT2D eigenvalue weighted by atomic mass is 32.1. The lowest BCUT2D eigenvalue weighted by atomic mass is 10.1. The van der Waals surface area contributed by atoms with Gasteiger partial charge in [-0.2, -0.15) is 0 Å². The molecule has 6 rings (SSSR count). The zero-order chi connectivity index (χ0) is 30.5. The van der Waals surface area contributed by atoms with Gasteiger partial charge in [0.15, 0.2) is 11.5 Å². The van der Waals surface area contributed by atoms with Crippen LogP contribution in [0, 0.1) is 0 Å². The number of thiophene rings is 1. The first-order chi connectivity index (χ1) is 21.5. The highest BCUT2D eigenvalue weighted by molar-refractivity contribution is 7.17. The number of fused-ring (bicyclic) bond motifs is 2. The van der Waals surface area contributed by atoms with Gasteiger partial charge < -0.3 is 24.6 Å². The molecule has 0 aliphatic carbocycles. The molecular weight excluding hydrogens is 582 g/mol. The first kappa shape index (κ1) is 29.5. The highest BCUT2D eigenvalue weighted by Gasteiger charge is 2.24. The van der Waals surface area contributed by atoms with Crippen LogP contribution in [-0.2, 0) is 29.2 Å². The molecule has 1 saturated heterocycles. The maximum absolute atomic E-state index is 13.5. The summed E-state index contributed by atoms with van der Waals surface area (Å²) in [6.45, 7) is 3.29. The van der Waals surface area contributed by atoms with E-state index in [0.29, 0.717) is 80.1 Å². The van der Waals surface area contributed by atoms with Crippen molar-refractivity contribution in [3.8, 4) is 11.5 Å². The third-order valence-electron chi connectivity index (χ3n) is 8.10. The number of aromatic nitrogens is 2. The lowest BCUT2D eigenvalue weighted by Gasteiger charge is -2.36. The summed E-state index contributed by atoms with van der Waals surface area (Å²) in [6, 6.07) is 17.4. The molecule has 2 aliphatic rings. The van der Waals surface area contributed by atoms with E-state index in [2.05, 4.69) is 22.3 Å². The van der Waals surface area contributed by atoms with E-state index in [4.69, 9.17) is 9.47 Å². The summed E-state index contributed by atoms with van der Waals surface area (Å²) in [4.78, 5) is 56.3. The summed E-state index contributed by atoms with van der Waals surface area (Å²) < 4.78 is 13.8. The molecule has 230 valence electrons. The molecule has 0 spiro atoms. The molecule has 1 fully saturated rings. The highest BCUT2D eigenvalue weighted by Crippen LogP contribution is 2.32. The molecule has 1 N–H and O–H groups in total. The zero-order valence-corrected chi connectivity index (χ0v) is 25.2. The number of unbranched alkanes of at least 4 members (excludes halogenated alkanes) is 2. The average Bonchev–Trinajstić information content (AvgIpc) is 3.74. The van der Waals surface area contributed by atoms with Crippen LogP contribution in [0.3, 0.4) is 0 Å². The van der Waals surface area contributed by atoms with Crippen LogP contribution in [0.25, 0.3) is 10.2 Å². The number of carbonyl (C=O) groups is 2. The molecule has 12 heteroatoms. The van der Waals surface area contributed by atoms with Gasteiger partial charge in [0, 0.05) is 51.4 Å². The van der Waals surface area contributed by atoms with Crippen molar-refractivity contribution < 1.29 is 19.1 Å². The molecule has 2 aromatic heterocycles. The molecule has 11 nitrogen and oxygen atoms in total. The lowest BCUT2D eigenvalue weighted by Crippen LogP contribution is -2.50. The standard InChI is InChI=1S/C32H35N5O6S/c38-28(33-20-23-10-11-26-27(19-23)43-22-42-26)9-5-2-6-13-36-31(40)30-25(12-18-44-30)37(32(36)41)21-29(39)35-16-14-34(15-17-35)24-7-3-1-4-8-24/h1,3-4,7-8,10-12,18-19H,2,5-6,9,13-17,20-22H2,(H,33,38). The van der Waals surface area contributed by atoms with Crippen LogP contribution >= 0.6 is 11.3 Å². The minimum atomic E-state index is -0.473. The van der Waals surface area contributed by atoms with Crippen molar-refractivity contribution in [3.63, 3.8) is 0 Å². The molecule has 4 aromatic rings. The molecule has 0 bridgehead atoms. The van der Waals surface area contributed by atoms with Crippen LogP contribution < -0.4 is 30.9 Å². The minimum Gasteiger partial charge on any atom is -0.454 e. The Balaban J connectivity index is 1.01. The normalized spacial score (nSPS) is 14.3. The number of hydrogen-bond donors (Lipinski definition) is 1. The summed E-state index contributed by atoms with van der Waals surface area (Å²) in [5, 5.41) is 4.69. The molecule has 0 radical (unpaired) electrons. The molecule has 4 heterocycles. The number of nitrogens with zero attached hydrogens (tertiary/aromatic N) is 4. The van der Waals surface area contributed by atoms with Crippen LogP contribution in [0.15, 0.2) is 69.6 Å². The van der Waals surface area contributed by atoms with Gasteiger partial charge in [0.25, 0.3) is 5.56 Å². The van der Waals surface area contributed by atoms with E-state index < -0.39 is 5.69 Å². The summed E-state index contributed by atoms with van der Waals surface area (Å²) in [6.07, 6.45) is 2.22. The summed E-state index contributed by atoms with van der Waals surface area (Å²) in [5.74, 6) is 1.18. The number of hydrogen-bond acceptors (Lipinski definition) is 8. The number of para-hydroxylation sites is 1. The summed E-state index contributed by atoms with van der Waals surface area (Å²) in [7, 11) is 0. The quantitative estimate of drug-likeness (QED) is 0.257. The van der Waals surface area contributed by atoms with Crippen molar-refractivity contribution in [2.24, 2.45) is 0 Å². The minimum absolute atomic E-state index is 0.0645. The maximum Gasteiger partial charge on any atom is 0.332 e. The van der Waals surface area contributed by atoms with Crippen LogP contribution in [-0.4, -0.2) is 58.8 Å². The second-order valence-corrected chi connectivity index (χ2v) is 11.9. The monoisotopic (exact) mass is 617 g/mol. The maximum atomic E-state index is 13.5. The summed E-state index contributed by atoms with van der Waals surface area (Å²) >= 11 is 1.28. The van der Waals surface area contributed by atoms with E-state index in [0.717, 1.165) is 11.3 Å². The van der Waals surface area contributed by atoms with Gasteiger partial charge in [0.1, 0.15) is 11.2 Å². The largest absolute Gasteiger partial charge is 0.454 e. The molecule has 2 aromatic carbocycles. The number of benzene rings is 2. The predicted octanol–water partition coefficient (Wildman–Crippen LogP) is 3.18. The second kappa shape index (κ2) is 13.4. The zero-order valence-electron chi connectivity index (χ0n) is 24.4. The number of rotatable bonds is 11. The van der Waals surface area contributed by atoms with Crippen LogP contribution in [0.2, 0.25) is 0 Å². The number of amides is 2. The van der Waals surface area contributed by atoms with Crippen molar-refractivity contribution in [3.05, 3.63) is 86.4 Å². The smallest absolute Gasteiger partial charge is 0.332 e. The van der Waals surface area contributed by atoms with Gasteiger partial charge in [0.2, 0.25) is 18.6 Å². The molecule has 2 amide bonds. The first-order valence-electron chi connectivity index (χ1n) is 14.9.